The third kappa shape index (κ3) is 10.5. The molecule has 6 atom stereocenters. The molecule has 1 amide bonds. The summed E-state index contributed by atoms with van der Waals surface area (Å²) in [5.41, 5.74) is 3.89. The molecule has 1 heterocycles. The van der Waals surface area contributed by atoms with Crippen LogP contribution < -0.4 is 9.47 Å². The Kier molecular flexibility index (Phi) is 16.3. The van der Waals surface area contributed by atoms with Crippen molar-refractivity contribution in [2.75, 3.05) is 38.9 Å². The molecule has 4 aromatic rings. The van der Waals surface area contributed by atoms with Crippen molar-refractivity contribution in [3.05, 3.63) is 149 Å². The Morgan fingerprint density at radius 3 is 2.46 bits per heavy atom. The number of hydrogen-bond donors (Lipinski definition) is 2. The molecule has 0 bridgehead atoms. The number of ether oxygens (including phenoxy) is 4. The van der Waals surface area contributed by atoms with Gasteiger partial charge in [0, 0.05) is 43.2 Å². The van der Waals surface area contributed by atoms with Crippen LogP contribution in [0.3, 0.4) is 0 Å². The molecule has 14 heteroatoms. The zero-order valence-corrected chi connectivity index (χ0v) is 37.4. The maximum absolute atomic E-state index is 14.8. The summed E-state index contributed by atoms with van der Waals surface area (Å²) in [6.45, 7) is 8.51. The highest BCUT2D eigenvalue weighted by Gasteiger charge is 2.65. The van der Waals surface area contributed by atoms with E-state index in [1.54, 1.807) is 29.2 Å². The van der Waals surface area contributed by atoms with Gasteiger partial charge in [0.25, 0.3) is 5.69 Å². The molecule has 0 saturated heterocycles. The number of amides is 1. The zero-order valence-electron chi connectivity index (χ0n) is 36.6. The van der Waals surface area contributed by atoms with Gasteiger partial charge in [0.15, 0.2) is 0 Å². The number of nitrogens with zero attached hydrogens (tertiary/aromatic N) is 3. The predicted molar refractivity (Wildman–Crippen MR) is 250 cm³/mol. The average molecular weight is 908 g/mol. The third-order valence-electron chi connectivity index (χ3n) is 12.7. The summed E-state index contributed by atoms with van der Waals surface area (Å²) in [7, 11) is 0. The van der Waals surface area contributed by atoms with Gasteiger partial charge in [-0.15, -0.1) is 18.2 Å². The van der Waals surface area contributed by atoms with E-state index < -0.39 is 28.8 Å². The van der Waals surface area contributed by atoms with E-state index in [-0.39, 0.29) is 75.3 Å². The Balaban J connectivity index is 1.46. The minimum Gasteiger partial charge on any atom is -0.490 e. The summed E-state index contributed by atoms with van der Waals surface area (Å²) in [5.74, 6) is -1.07. The molecule has 0 spiro atoms. The van der Waals surface area contributed by atoms with Crippen LogP contribution >= 0.6 is 11.6 Å². The third-order valence-corrected chi connectivity index (χ3v) is 12.9. The molecule has 13 nitrogen and oxygen atoms in total. The lowest BCUT2D eigenvalue weighted by Gasteiger charge is -2.59. The fourth-order valence-corrected chi connectivity index (χ4v) is 9.99. The first-order valence-corrected chi connectivity index (χ1v) is 22.9. The molecule has 344 valence electrons. The number of rotatable bonds is 23. The first-order chi connectivity index (χ1) is 31.8. The van der Waals surface area contributed by atoms with Crippen LogP contribution in [0.15, 0.2) is 127 Å². The van der Waals surface area contributed by atoms with E-state index in [1.807, 2.05) is 60.7 Å². The second kappa shape index (κ2) is 22.4. The molecule has 3 aliphatic rings. The van der Waals surface area contributed by atoms with Gasteiger partial charge >= 0.3 is 6.09 Å². The van der Waals surface area contributed by atoms with Crippen LogP contribution in [-0.4, -0.2) is 82.6 Å². The van der Waals surface area contributed by atoms with Crippen molar-refractivity contribution in [3.63, 3.8) is 0 Å². The summed E-state index contributed by atoms with van der Waals surface area (Å²) in [5, 5.41) is 38.2. The van der Waals surface area contributed by atoms with E-state index in [4.69, 9.17) is 40.5 Å². The highest BCUT2D eigenvalue weighted by atomic mass is 35.5. The number of unbranched alkanes of at least 4 members (excludes halogenated alkanes) is 2. The van der Waals surface area contributed by atoms with Crippen LogP contribution in [0.2, 0.25) is 0 Å². The number of halogens is 1. The molecule has 7 rings (SSSR count). The fraction of sp³-hybridized carbons (Fsp3) is 0.412. The number of carbonyl (C=O) groups is 1. The Hall–Kier alpha value is -5.73. The van der Waals surface area contributed by atoms with Crippen molar-refractivity contribution in [1.82, 2.24) is 4.90 Å². The van der Waals surface area contributed by atoms with Crippen molar-refractivity contribution in [2.45, 2.75) is 75.8 Å². The number of fused-ring (bicyclic) bond motifs is 3. The first-order valence-electron chi connectivity index (χ1n) is 22.4. The minimum atomic E-state index is -1.53. The standard InChI is InChI=1S/C51H58ClN3O10/c1-3-27-61-40-22-23-46-44(31-40)48-42(17-8-10-26-57)37(13-7-9-25-56)30-43-45(53-64-34-35-18-20-39(21-19-35)55(59)60)32-47(51(65-46,49(43)48)63-28-4-2)54(50(58)62-29-24-52)33-38-15-11-14-36-12-5-6-16-41(36)38/h3-6,11-12,14-16,18-23,30-31,37,42,47-49,56-57H,1-2,7-10,13,17,24-29,32-34H2/t37-,42+,47-,48+,49+,51+/m0/s1. The molecule has 2 aliphatic carbocycles. The molecule has 0 radical (unpaired) electrons. The van der Waals surface area contributed by atoms with Gasteiger partial charge in [-0.05, 0) is 95.3 Å². The monoisotopic (exact) mass is 907 g/mol. The second-order valence-corrected chi connectivity index (χ2v) is 17.0. The first kappa shape index (κ1) is 47.2. The number of carbonyl (C=O) groups excluding carboxylic acids is 1. The van der Waals surface area contributed by atoms with E-state index >= 15 is 0 Å². The summed E-state index contributed by atoms with van der Waals surface area (Å²) >= 11 is 6.15. The summed E-state index contributed by atoms with van der Waals surface area (Å²) in [6.07, 6.45) is 9.48. The molecule has 0 unspecified atom stereocenters. The molecule has 4 aromatic carbocycles. The van der Waals surface area contributed by atoms with Gasteiger partial charge in [0.1, 0.15) is 37.4 Å². The van der Waals surface area contributed by atoms with Gasteiger partial charge in [0.2, 0.25) is 5.79 Å². The quantitative estimate of drug-likeness (QED) is 0.0241. The Labute approximate surface area is 385 Å². The number of aliphatic hydroxyl groups excluding tert-OH is 2. The number of aliphatic hydroxyl groups is 2. The summed E-state index contributed by atoms with van der Waals surface area (Å²) in [6, 6.07) is 25.1. The molecule has 1 saturated carbocycles. The van der Waals surface area contributed by atoms with E-state index in [1.165, 1.54) is 12.1 Å². The Morgan fingerprint density at radius 1 is 0.969 bits per heavy atom. The van der Waals surface area contributed by atoms with Crippen molar-refractivity contribution in [1.29, 1.82) is 0 Å². The summed E-state index contributed by atoms with van der Waals surface area (Å²) in [4.78, 5) is 33.6. The van der Waals surface area contributed by atoms with Crippen molar-refractivity contribution >= 4 is 39.9 Å². The van der Waals surface area contributed by atoms with Crippen molar-refractivity contribution < 1.29 is 43.7 Å². The van der Waals surface area contributed by atoms with Gasteiger partial charge in [-0.1, -0.05) is 85.3 Å². The molecule has 0 aromatic heterocycles. The smallest absolute Gasteiger partial charge is 0.410 e. The average Bonchev–Trinajstić information content (AvgIpc) is 3.32. The number of non-ortho nitro benzene ring substituents is 1. The van der Waals surface area contributed by atoms with E-state index in [0.717, 1.165) is 53.2 Å². The number of hydrogen-bond acceptors (Lipinski definition) is 11. The minimum absolute atomic E-state index is 0.00579. The number of allylic oxidation sites excluding steroid dienone is 1. The predicted octanol–water partition coefficient (Wildman–Crippen LogP) is 10.0. The van der Waals surface area contributed by atoms with Gasteiger partial charge in [-0.3, -0.25) is 15.0 Å². The fourth-order valence-electron chi connectivity index (χ4n) is 9.92. The van der Waals surface area contributed by atoms with Crippen LogP contribution in [0.4, 0.5) is 10.5 Å². The Morgan fingerprint density at radius 2 is 1.72 bits per heavy atom. The largest absolute Gasteiger partial charge is 0.490 e. The van der Waals surface area contributed by atoms with Crippen LogP contribution in [0.1, 0.15) is 67.6 Å². The van der Waals surface area contributed by atoms with E-state index in [2.05, 4.69) is 19.2 Å². The number of nitro groups is 1. The van der Waals surface area contributed by atoms with E-state index in [0.29, 0.717) is 42.2 Å². The van der Waals surface area contributed by atoms with E-state index in [9.17, 15) is 25.1 Å². The van der Waals surface area contributed by atoms with Gasteiger partial charge in [-0.2, -0.15) is 0 Å². The lowest BCUT2D eigenvalue weighted by Crippen LogP contribution is -2.70. The van der Waals surface area contributed by atoms with Gasteiger partial charge in [-0.25, -0.2) is 4.79 Å². The zero-order chi connectivity index (χ0) is 45.8. The second-order valence-electron chi connectivity index (χ2n) is 16.6. The molecular formula is C51H58ClN3O10. The molecule has 1 fully saturated rings. The molecule has 1 aliphatic heterocycles. The number of alkyl halides is 1. The summed E-state index contributed by atoms with van der Waals surface area (Å²) < 4.78 is 26.5. The van der Waals surface area contributed by atoms with Crippen LogP contribution in [0, 0.1) is 27.9 Å². The van der Waals surface area contributed by atoms with Gasteiger partial charge < -0.3 is 34.0 Å². The lowest BCUT2D eigenvalue weighted by molar-refractivity contribution is -0.384. The topological polar surface area (TPSA) is 162 Å². The van der Waals surface area contributed by atoms with Crippen molar-refractivity contribution in [3.8, 4) is 11.5 Å². The number of oxime groups is 1. The molecule has 65 heavy (non-hydrogen) atoms. The van der Waals surface area contributed by atoms with Gasteiger partial charge in [0.05, 0.1) is 35.6 Å². The molecule has 2 N–H and O–H groups in total. The number of nitro benzene ring substituents is 1. The van der Waals surface area contributed by atoms with Crippen LogP contribution in [-0.2, 0) is 27.5 Å². The SMILES string of the molecule is C=CCOc1ccc2c(c1)[C@H]1[C@H](CCCCO)[C@@H](CCCCO)C=C3C(=NOCc4ccc([N+](=O)[O-])cc4)C[C@H](N(Cc4cccc5ccccc45)C(=O)OCCCl)[C@@](OCC=C)(O2)[C@H]31. The van der Waals surface area contributed by atoms with Crippen LogP contribution in [0.25, 0.3) is 10.8 Å². The highest BCUT2D eigenvalue weighted by molar-refractivity contribution is 6.18. The lowest BCUT2D eigenvalue weighted by atomic mass is 9.55. The maximum Gasteiger partial charge on any atom is 0.410 e. The number of benzene rings is 4. The Bertz CT molecular complexity index is 2350. The van der Waals surface area contributed by atoms with Crippen LogP contribution in [0.5, 0.6) is 11.5 Å². The molecular weight excluding hydrogens is 850 g/mol. The maximum atomic E-state index is 14.8. The van der Waals surface area contributed by atoms with Crippen molar-refractivity contribution in [2.24, 2.45) is 22.9 Å². The highest BCUT2D eigenvalue weighted by Crippen LogP contribution is 2.62. The normalized spacial score (nSPS) is 22.5.